The van der Waals surface area contributed by atoms with Crippen LogP contribution in [-0.4, -0.2) is 32.9 Å². The van der Waals surface area contributed by atoms with Crippen LogP contribution in [0, 0.1) is 0 Å². The summed E-state index contributed by atoms with van der Waals surface area (Å²) in [5, 5.41) is 0. The zero-order valence-corrected chi connectivity index (χ0v) is 10.3. The Morgan fingerprint density at radius 1 is 1.39 bits per heavy atom. The summed E-state index contributed by atoms with van der Waals surface area (Å²) in [7, 11) is 1.29. The number of rotatable bonds is 3. The summed E-state index contributed by atoms with van der Waals surface area (Å²) in [6.07, 6.45) is 0. The summed E-state index contributed by atoms with van der Waals surface area (Å²) in [5.41, 5.74) is 6.26. The molecule has 6 nitrogen and oxygen atoms in total. The van der Waals surface area contributed by atoms with Crippen molar-refractivity contribution >= 4 is 11.7 Å². The molecule has 0 spiro atoms. The third-order valence-corrected chi connectivity index (χ3v) is 2.50. The fourth-order valence-corrected chi connectivity index (χ4v) is 1.77. The van der Waals surface area contributed by atoms with E-state index >= 15 is 0 Å². The normalized spacial score (nSPS) is 13.0. The molecule has 0 amide bonds. The standard InChI is InChI=1S/C12H15NO5/c1-3-16-8-6-7(13)9(12(14)15-2)11-10(8)17-4-5-18-11/h6H,3-5,13H2,1-2H3. The summed E-state index contributed by atoms with van der Waals surface area (Å²) >= 11 is 0. The van der Waals surface area contributed by atoms with Crippen molar-refractivity contribution in [2.24, 2.45) is 0 Å². The van der Waals surface area contributed by atoms with Gasteiger partial charge in [-0.1, -0.05) is 0 Å². The lowest BCUT2D eigenvalue weighted by atomic mass is 10.1. The van der Waals surface area contributed by atoms with Crippen molar-refractivity contribution in [2.75, 3.05) is 32.7 Å². The molecule has 0 saturated heterocycles. The van der Waals surface area contributed by atoms with Crippen molar-refractivity contribution in [3.05, 3.63) is 11.6 Å². The minimum absolute atomic E-state index is 0.177. The van der Waals surface area contributed by atoms with Gasteiger partial charge < -0.3 is 24.7 Å². The Hall–Kier alpha value is -2.11. The van der Waals surface area contributed by atoms with Crippen LogP contribution in [0.1, 0.15) is 17.3 Å². The second-order valence-corrected chi connectivity index (χ2v) is 3.62. The first-order valence-corrected chi connectivity index (χ1v) is 5.62. The van der Waals surface area contributed by atoms with Crippen molar-refractivity contribution < 1.29 is 23.7 Å². The van der Waals surface area contributed by atoms with Crippen LogP contribution in [-0.2, 0) is 4.74 Å². The van der Waals surface area contributed by atoms with Crippen molar-refractivity contribution in [2.45, 2.75) is 6.92 Å². The number of anilines is 1. The molecule has 2 N–H and O–H groups in total. The van der Waals surface area contributed by atoms with Crippen molar-refractivity contribution in [1.82, 2.24) is 0 Å². The summed E-state index contributed by atoms with van der Waals surface area (Å²) < 4.78 is 21.0. The number of benzene rings is 1. The van der Waals surface area contributed by atoms with Gasteiger partial charge in [-0.25, -0.2) is 4.79 Å². The highest BCUT2D eigenvalue weighted by atomic mass is 16.6. The first-order valence-electron chi connectivity index (χ1n) is 5.62. The van der Waals surface area contributed by atoms with Gasteiger partial charge in [0.25, 0.3) is 0 Å². The Morgan fingerprint density at radius 2 is 2.06 bits per heavy atom. The maximum atomic E-state index is 11.7. The SMILES string of the molecule is CCOc1cc(N)c(C(=O)OC)c2c1OCCO2. The molecule has 1 aromatic rings. The van der Waals surface area contributed by atoms with Crippen LogP contribution in [0.3, 0.4) is 0 Å². The molecule has 1 aliphatic heterocycles. The first-order chi connectivity index (χ1) is 8.69. The van der Waals surface area contributed by atoms with Gasteiger partial charge in [-0.15, -0.1) is 0 Å². The molecule has 1 heterocycles. The number of carbonyl (C=O) groups is 1. The molecule has 0 atom stereocenters. The van der Waals surface area contributed by atoms with Crippen molar-refractivity contribution in [1.29, 1.82) is 0 Å². The molecule has 1 aliphatic rings. The van der Waals surface area contributed by atoms with Crippen LogP contribution in [0.5, 0.6) is 17.2 Å². The first kappa shape index (κ1) is 12.3. The molecular weight excluding hydrogens is 238 g/mol. The number of hydrogen-bond acceptors (Lipinski definition) is 6. The fraction of sp³-hybridized carbons (Fsp3) is 0.417. The molecular formula is C12H15NO5. The fourth-order valence-electron chi connectivity index (χ4n) is 1.77. The molecule has 0 unspecified atom stereocenters. The predicted octanol–water partition coefficient (Wildman–Crippen LogP) is 1.23. The van der Waals surface area contributed by atoms with E-state index in [-0.39, 0.29) is 17.0 Å². The second kappa shape index (κ2) is 5.03. The minimum Gasteiger partial charge on any atom is -0.490 e. The number of nitrogen functional groups attached to an aromatic ring is 1. The molecule has 0 radical (unpaired) electrons. The molecule has 1 aromatic carbocycles. The maximum Gasteiger partial charge on any atom is 0.343 e. The number of methoxy groups -OCH3 is 1. The highest BCUT2D eigenvalue weighted by Gasteiger charge is 2.28. The third-order valence-electron chi connectivity index (χ3n) is 2.50. The predicted molar refractivity (Wildman–Crippen MR) is 64.4 cm³/mol. The Balaban J connectivity index is 2.58. The zero-order chi connectivity index (χ0) is 13.1. The Kier molecular flexibility index (Phi) is 3.45. The quantitative estimate of drug-likeness (QED) is 0.644. The Bertz CT molecular complexity index is 472. The topological polar surface area (TPSA) is 80.0 Å². The van der Waals surface area contributed by atoms with E-state index in [9.17, 15) is 4.79 Å². The Morgan fingerprint density at radius 3 is 2.67 bits per heavy atom. The molecule has 0 aromatic heterocycles. The monoisotopic (exact) mass is 253 g/mol. The van der Waals surface area contributed by atoms with Crippen molar-refractivity contribution in [3.63, 3.8) is 0 Å². The number of nitrogens with two attached hydrogens (primary N) is 1. The van der Waals surface area contributed by atoms with Crippen LogP contribution in [0.4, 0.5) is 5.69 Å². The van der Waals surface area contributed by atoms with E-state index < -0.39 is 5.97 Å². The molecule has 98 valence electrons. The minimum atomic E-state index is -0.558. The third kappa shape index (κ3) is 2.01. The lowest BCUT2D eigenvalue weighted by Gasteiger charge is -2.23. The molecule has 0 fully saturated rings. The number of ether oxygens (including phenoxy) is 4. The lowest BCUT2D eigenvalue weighted by Crippen LogP contribution is -2.20. The van der Waals surface area contributed by atoms with Gasteiger partial charge >= 0.3 is 5.97 Å². The smallest absolute Gasteiger partial charge is 0.343 e. The highest BCUT2D eigenvalue weighted by Crippen LogP contribution is 2.45. The van der Waals surface area contributed by atoms with Gasteiger partial charge in [0.1, 0.15) is 18.8 Å². The van der Waals surface area contributed by atoms with Crippen LogP contribution >= 0.6 is 0 Å². The van der Waals surface area contributed by atoms with Gasteiger partial charge in [0.2, 0.25) is 5.75 Å². The second-order valence-electron chi connectivity index (χ2n) is 3.62. The van der Waals surface area contributed by atoms with E-state index in [4.69, 9.17) is 19.9 Å². The van der Waals surface area contributed by atoms with Crippen LogP contribution in [0.2, 0.25) is 0 Å². The molecule has 0 aliphatic carbocycles. The van der Waals surface area contributed by atoms with Crippen LogP contribution in [0.15, 0.2) is 6.07 Å². The average molecular weight is 253 g/mol. The van der Waals surface area contributed by atoms with E-state index in [1.807, 2.05) is 6.92 Å². The molecule has 0 saturated carbocycles. The maximum absolute atomic E-state index is 11.7. The summed E-state index contributed by atoms with van der Waals surface area (Å²) in [5.74, 6) is 0.601. The highest BCUT2D eigenvalue weighted by molar-refractivity contribution is 6.00. The van der Waals surface area contributed by atoms with Gasteiger partial charge in [0.15, 0.2) is 11.5 Å². The van der Waals surface area contributed by atoms with Gasteiger partial charge in [0.05, 0.1) is 19.4 Å². The summed E-state index contributed by atoms with van der Waals surface area (Å²) in [6.45, 7) is 3.07. The largest absolute Gasteiger partial charge is 0.490 e. The number of fused-ring (bicyclic) bond motifs is 1. The number of carbonyl (C=O) groups excluding carboxylic acids is 1. The van der Waals surface area contributed by atoms with Crippen LogP contribution in [0.25, 0.3) is 0 Å². The van der Waals surface area contributed by atoms with Gasteiger partial charge in [-0.05, 0) is 6.92 Å². The van der Waals surface area contributed by atoms with E-state index in [0.29, 0.717) is 31.3 Å². The molecule has 18 heavy (non-hydrogen) atoms. The van der Waals surface area contributed by atoms with E-state index in [1.165, 1.54) is 7.11 Å². The summed E-state index contributed by atoms with van der Waals surface area (Å²) in [4.78, 5) is 11.7. The average Bonchev–Trinajstić information content (AvgIpc) is 2.38. The van der Waals surface area contributed by atoms with Gasteiger partial charge in [0, 0.05) is 6.07 Å². The van der Waals surface area contributed by atoms with E-state index in [1.54, 1.807) is 6.07 Å². The van der Waals surface area contributed by atoms with Crippen LogP contribution < -0.4 is 19.9 Å². The molecule has 6 heteroatoms. The Labute approximate surface area is 105 Å². The van der Waals surface area contributed by atoms with E-state index in [0.717, 1.165) is 0 Å². The zero-order valence-electron chi connectivity index (χ0n) is 10.3. The number of hydrogen-bond donors (Lipinski definition) is 1. The summed E-state index contributed by atoms with van der Waals surface area (Å²) in [6, 6.07) is 1.54. The lowest BCUT2D eigenvalue weighted by molar-refractivity contribution is 0.0591. The van der Waals surface area contributed by atoms with E-state index in [2.05, 4.69) is 4.74 Å². The molecule has 2 rings (SSSR count). The van der Waals surface area contributed by atoms with Gasteiger partial charge in [-0.2, -0.15) is 0 Å². The van der Waals surface area contributed by atoms with Crippen molar-refractivity contribution in [3.8, 4) is 17.2 Å². The molecule has 0 bridgehead atoms. The van der Waals surface area contributed by atoms with Gasteiger partial charge in [-0.3, -0.25) is 0 Å². The number of esters is 1.